The number of para-hydroxylation sites is 1. The Labute approximate surface area is 178 Å². The van der Waals surface area contributed by atoms with Gasteiger partial charge in [-0.25, -0.2) is 9.97 Å². The SMILES string of the molecule is Cc1nc(N)nc(NC2CC(CO)C3OC(C)(C)OC23)c1-c1nc2ccccc2s1. The van der Waals surface area contributed by atoms with Crippen molar-refractivity contribution in [1.29, 1.82) is 0 Å². The first-order valence-electron chi connectivity index (χ1n) is 10.1. The summed E-state index contributed by atoms with van der Waals surface area (Å²) in [5.74, 6) is 0.159. The van der Waals surface area contributed by atoms with Gasteiger partial charge in [-0.3, -0.25) is 0 Å². The molecule has 1 aliphatic carbocycles. The Kier molecular flexibility index (Phi) is 4.66. The third-order valence-electron chi connectivity index (χ3n) is 5.75. The van der Waals surface area contributed by atoms with Crippen LogP contribution in [0, 0.1) is 12.8 Å². The minimum absolute atomic E-state index is 0.000423. The van der Waals surface area contributed by atoms with Crippen LogP contribution in [0.4, 0.5) is 11.8 Å². The van der Waals surface area contributed by atoms with Crippen molar-refractivity contribution >= 4 is 33.3 Å². The fourth-order valence-electron chi connectivity index (χ4n) is 4.52. The molecule has 4 N–H and O–H groups in total. The van der Waals surface area contributed by atoms with Gasteiger partial charge in [0, 0.05) is 12.5 Å². The van der Waals surface area contributed by atoms with Gasteiger partial charge in [-0.2, -0.15) is 4.98 Å². The zero-order chi connectivity index (χ0) is 21.0. The molecule has 4 atom stereocenters. The van der Waals surface area contributed by atoms with Crippen molar-refractivity contribution < 1.29 is 14.6 Å². The maximum absolute atomic E-state index is 9.85. The van der Waals surface area contributed by atoms with E-state index in [2.05, 4.69) is 21.4 Å². The highest BCUT2D eigenvalue weighted by atomic mass is 32.1. The monoisotopic (exact) mass is 427 g/mol. The van der Waals surface area contributed by atoms with Gasteiger partial charge in [0.2, 0.25) is 5.95 Å². The number of aliphatic hydroxyl groups is 1. The van der Waals surface area contributed by atoms with Gasteiger partial charge in [-0.15, -0.1) is 11.3 Å². The number of aliphatic hydroxyl groups excluding tert-OH is 1. The van der Waals surface area contributed by atoms with Crippen molar-refractivity contribution in [3.63, 3.8) is 0 Å². The molecule has 3 heterocycles. The van der Waals surface area contributed by atoms with Gasteiger partial charge in [0.05, 0.1) is 33.6 Å². The van der Waals surface area contributed by atoms with Crippen LogP contribution in [0.2, 0.25) is 0 Å². The zero-order valence-corrected chi connectivity index (χ0v) is 17.9. The number of nitrogens with zero attached hydrogens (tertiary/aromatic N) is 3. The topological polar surface area (TPSA) is 115 Å². The molecule has 0 spiro atoms. The first-order valence-corrected chi connectivity index (χ1v) is 10.9. The van der Waals surface area contributed by atoms with Crippen LogP contribution >= 0.6 is 11.3 Å². The second kappa shape index (κ2) is 7.12. The second-order valence-electron chi connectivity index (χ2n) is 8.37. The van der Waals surface area contributed by atoms with Crippen LogP contribution in [0.5, 0.6) is 0 Å². The van der Waals surface area contributed by atoms with Crippen molar-refractivity contribution in [3.8, 4) is 10.6 Å². The van der Waals surface area contributed by atoms with E-state index in [0.717, 1.165) is 26.5 Å². The summed E-state index contributed by atoms with van der Waals surface area (Å²) in [4.78, 5) is 13.7. The number of thiazole rings is 1. The van der Waals surface area contributed by atoms with Crippen LogP contribution in [0.1, 0.15) is 26.0 Å². The van der Waals surface area contributed by atoms with E-state index in [1.54, 1.807) is 11.3 Å². The molecule has 2 fully saturated rings. The predicted molar refractivity (Wildman–Crippen MR) is 116 cm³/mol. The number of nitrogen functional groups attached to an aromatic ring is 1. The number of hydrogen-bond acceptors (Lipinski definition) is 9. The maximum Gasteiger partial charge on any atom is 0.222 e. The summed E-state index contributed by atoms with van der Waals surface area (Å²) < 4.78 is 13.3. The van der Waals surface area contributed by atoms with Crippen molar-refractivity contribution in [2.75, 3.05) is 17.7 Å². The Hall–Kier alpha value is -2.33. The normalized spacial score (nSPS) is 27.5. The lowest BCUT2D eigenvalue weighted by atomic mass is 10.1. The summed E-state index contributed by atoms with van der Waals surface area (Å²) in [6.45, 7) is 5.76. The van der Waals surface area contributed by atoms with Crippen LogP contribution in [0.25, 0.3) is 20.8 Å². The van der Waals surface area contributed by atoms with E-state index in [0.29, 0.717) is 12.2 Å². The molecule has 4 unspecified atom stereocenters. The van der Waals surface area contributed by atoms with Crippen LogP contribution in [0.15, 0.2) is 24.3 Å². The molecule has 2 aliphatic rings. The molecule has 8 nitrogen and oxygen atoms in total. The molecule has 2 aromatic heterocycles. The molecule has 0 amide bonds. The summed E-state index contributed by atoms with van der Waals surface area (Å²) in [5.41, 5.74) is 8.53. The van der Waals surface area contributed by atoms with Crippen molar-refractivity contribution in [2.45, 2.75) is 51.2 Å². The van der Waals surface area contributed by atoms with Crippen molar-refractivity contribution in [2.24, 2.45) is 5.92 Å². The number of aryl methyl sites for hydroxylation is 1. The minimum atomic E-state index is -0.681. The summed E-state index contributed by atoms with van der Waals surface area (Å²) >= 11 is 1.60. The number of ether oxygens (including phenoxy) is 2. The van der Waals surface area contributed by atoms with E-state index in [9.17, 15) is 5.11 Å². The third kappa shape index (κ3) is 3.31. The molecule has 0 radical (unpaired) electrons. The molecule has 1 aromatic carbocycles. The standard InChI is InChI=1S/C21H25N5O3S/c1-10-15(19-25-12-6-4-5-7-14(12)30-19)18(26-20(22)23-10)24-13-8-11(9-27)16-17(13)29-21(2,3)28-16/h4-7,11,13,16-17,27H,8-9H2,1-3H3,(H3,22,23,24,26). The highest BCUT2D eigenvalue weighted by molar-refractivity contribution is 7.21. The average molecular weight is 428 g/mol. The molecular weight excluding hydrogens is 402 g/mol. The van der Waals surface area contributed by atoms with E-state index >= 15 is 0 Å². The Morgan fingerprint density at radius 1 is 1.20 bits per heavy atom. The molecule has 1 aliphatic heterocycles. The molecule has 0 bridgehead atoms. The lowest BCUT2D eigenvalue weighted by Crippen LogP contribution is -2.35. The summed E-state index contributed by atoms with van der Waals surface area (Å²) in [6, 6.07) is 7.95. The Balaban J connectivity index is 1.53. The lowest BCUT2D eigenvalue weighted by molar-refractivity contribution is -0.158. The van der Waals surface area contributed by atoms with Crippen LogP contribution in [-0.4, -0.2) is 50.7 Å². The van der Waals surface area contributed by atoms with Crippen molar-refractivity contribution in [3.05, 3.63) is 30.0 Å². The Morgan fingerprint density at radius 2 is 1.97 bits per heavy atom. The zero-order valence-electron chi connectivity index (χ0n) is 17.1. The molecule has 158 valence electrons. The van der Waals surface area contributed by atoms with E-state index in [-0.39, 0.29) is 36.7 Å². The van der Waals surface area contributed by atoms with Crippen LogP contribution in [0.3, 0.4) is 0 Å². The minimum Gasteiger partial charge on any atom is -0.396 e. The number of rotatable bonds is 4. The number of hydrogen-bond donors (Lipinski definition) is 3. The van der Waals surface area contributed by atoms with E-state index < -0.39 is 5.79 Å². The molecule has 3 aromatic rings. The number of benzene rings is 1. The molecule has 5 rings (SSSR count). The first-order chi connectivity index (χ1) is 14.3. The second-order valence-corrected chi connectivity index (χ2v) is 9.40. The number of nitrogens with one attached hydrogen (secondary N) is 1. The maximum atomic E-state index is 9.85. The van der Waals surface area contributed by atoms with Gasteiger partial charge in [0.25, 0.3) is 0 Å². The van der Waals surface area contributed by atoms with Gasteiger partial charge >= 0.3 is 0 Å². The summed E-state index contributed by atoms with van der Waals surface area (Å²) in [5, 5.41) is 14.2. The number of anilines is 2. The summed E-state index contributed by atoms with van der Waals surface area (Å²) in [6.07, 6.45) is 0.370. The highest BCUT2D eigenvalue weighted by Crippen LogP contribution is 2.44. The smallest absolute Gasteiger partial charge is 0.222 e. The molecule has 1 saturated carbocycles. The molecule has 9 heteroatoms. The predicted octanol–water partition coefficient (Wildman–Crippen LogP) is 2.96. The molecule has 30 heavy (non-hydrogen) atoms. The number of aromatic nitrogens is 3. The fraction of sp³-hybridized carbons (Fsp3) is 0.476. The van der Waals surface area contributed by atoms with E-state index in [1.165, 1.54) is 0 Å². The number of nitrogens with two attached hydrogens (primary N) is 1. The average Bonchev–Trinajstić information content (AvgIpc) is 3.32. The lowest BCUT2D eigenvalue weighted by Gasteiger charge is -2.24. The van der Waals surface area contributed by atoms with Gasteiger partial charge in [-0.1, -0.05) is 12.1 Å². The fourth-order valence-corrected chi connectivity index (χ4v) is 5.58. The van der Waals surface area contributed by atoms with Crippen molar-refractivity contribution in [1.82, 2.24) is 15.0 Å². The van der Waals surface area contributed by atoms with Gasteiger partial charge in [0.1, 0.15) is 16.9 Å². The molecular formula is C21H25N5O3S. The van der Waals surface area contributed by atoms with Gasteiger partial charge < -0.3 is 25.6 Å². The largest absolute Gasteiger partial charge is 0.396 e. The third-order valence-corrected chi connectivity index (χ3v) is 6.81. The van der Waals surface area contributed by atoms with Gasteiger partial charge in [-0.05, 0) is 39.3 Å². The quantitative estimate of drug-likeness (QED) is 0.582. The van der Waals surface area contributed by atoms with Gasteiger partial charge in [0.15, 0.2) is 5.79 Å². The van der Waals surface area contributed by atoms with Crippen LogP contribution in [-0.2, 0) is 9.47 Å². The highest BCUT2D eigenvalue weighted by Gasteiger charge is 2.54. The summed E-state index contributed by atoms with van der Waals surface area (Å²) in [7, 11) is 0. The van der Waals surface area contributed by atoms with E-state index in [1.807, 2.05) is 39.0 Å². The van der Waals surface area contributed by atoms with Crippen LogP contribution < -0.4 is 11.1 Å². The van der Waals surface area contributed by atoms with E-state index in [4.69, 9.17) is 20.2 Å². The molecule has 1 saturated heterocycles. The Bertz CT molecular complexity index is 1070. The number of fused-ring (bicyclic) bond motifs is 2. The first kappa shape index (κ1) is 19.6. The Morgan fingerprint density at radius 3 is 2.73 bits per heavy atom.